The van der Waals surface area contributed by atoms with E-state index in [4.69, 9.17) is 0 Å². The number of aromatic nitrogens is 1. The molecule has 2 aromatic heterocycles. The molecule has 0 amide bonds. The van der Waals surface area contributed by atoms with E-state index in [9.17, 15) is 0 Å². The van der Waals surface area contributed by atoms with Gasteiger partial charge in [0.05, 0.1) is 22.0 Å². The predicted molar refractivity (Wildman–Crippen MR) is 337 cm³/mol. The number of benzene rings is 13. The number of nitrogens with zero attached hydrogens (tertiary/aromatic N) is 2. The summed E-state index contributed by atoms with van der Waals surface area (Å²) >= 11 is 0. The molecular weight excluding hydrogens is 965 g/mol. The summed E-state index contributed by atoms with van der Waals surface area (Å²) in [5.74, 6) is 0. The van der Waals surface area contributed by atoms with E-state index in [1.165, 1.54) is 138 Å². The Balaban J connectivity index is 0.851. The summed E-state index contributed by atoms with van der Waals surface area (Å²) in [4.78, 5) is 2.47. The molecule has 0 bridgehead atoms. The topological polar surface area (TPSA) is 7.65 Å². The first-order chi connectivity index (χ1) is 39.4. The lowest BCUT2D eigenvalue weighted by Gasteiger charge is -2.35. The second kappa shape index (κ2) is 16.7. The molecule has 2 heteroatoms. The van der Waals surface area contributed by atoms with Crippen molar-refractivity contribution in [3.63, 3.8) is 0 Å². The van der Waals surface area contributed by atoms with Gasteiger partial charge in [-0.1, -0.05) is 232 Å². The van der Waals surface area contributed by atoms with Gasteiger partial charge in [0.25, 0.3) is 0 Å². The molecule has 1 atom stereocenters. The zero-order valence-electron chi connectivity index (χ0n) is 44.5. The third-order valence-corrected chi connectivity index (χ3v) is 18.4. The summed E-state index contributed by atoms with van der Waals surface area (Å²) in [6, 6.07) is 105. The monoisotopic (exact) mass is 1020 g/mol. The molecule has 2 nitrogen and oxygen atoms in total. The number of para-hydroxylation sites is 1. The van der Waals surface area contributed by atoms with E-state index in [1.807, 2.05) is 0 Å². The molecule has 2 aliphatic carbocycles. The van der Waals surface area contributed by atoms with Crippen molar-refractivity contribution < 1.29 is 0 Å². The highest BCUT2D eigenvalue weighted by molar-refractivity contribution is 6.30. The number of rotatable bonds is 7. The van der Waals surface area contributed by atoms with Gasteiger partial charge in [-0.3, -0.25) is 0 Å². The van der Waals surface area contributed by atoms with E-state index in [0.29, 0.717) is 0 Å². The lowest BCUT2D eigenvalue weighted by atomic mass is 9.67. The van der Waals surface area contributed by atoms with Crippen LogP contribution in [0.15, 0.2) is 279 Å². The van der Waals surface area contributed by atoms with Crippen LogP contribution in [0.4, 0.5) is 17.1 Å². The summed E-state index contributed by atoms with van der Waals surface area (Å²) in [6.07, 6.45) is 0. The Kier molecular flexibility index (Phi) is 9.43. The number of fused-ring (bicyclic) bond motifs is 13. The van der Waals surface area contributed by atoms with Crippen LogP contribution in [0.25, 0.3) is 104 Å². The highest BCUT2D eigenvalue weighted by Gasteiger charge is 2.46. The van der Waals surface area contributed by atoms with Crippen molar-refractivity contribution in [2.45, 2.75) is 24.7 Å². The van der Waals surface area contributed by atoms with Gasteiger partial charge in [-0.25, -0.2) is 0 Å². The fourth-order valence-electron chi connectivity index (χ4n) is 14.8. The van der Waals surface area contributed by atoms with E-state index in [-0.39, 0.29) is 5.41 Å². The van der Waals surface area contributed by atoms with Crippen LogP contribution < -0.4 is 4.90 Å². The van der Waals surface area contributed by atoms with Gasteiger partial charge in [0, 0.05) is 44.0 Å². The predicted octanol–water partition coefficient (Wildman–Crippen LogP) is 20.6. The minimum Gasteiger partial charge on any atom is -0.310 e. The van der Waals surface area contributed by atoms with Crippen molar-refractivity contribution >= 4 is 76.7 Å². The summed E-state index contributed by atoms with van der Waals surface area (Å²) in [7, 11) is 0. The highest BCUT2D eigenvalue weighted by Crippen LogP contribution is 2.58. The molecule has 0 spiro atoms. The Bertz CT molecular complexity index is 5010. The standard InChI is InChI=1S/C78H52N2/c1-77(2)69-46-53(49-17-5-3-6-18-49)33-41-62(69)63-44-40-59(48-70(63)77)79(58-37-31-50-19-9-10-20-52(50)45-58)57-38-35-56(36-39-57)78(55-22-7-4-8-23-55)68-28-13-11-24-61(68)64-42-34-54(47-71(64)78)60-26-16-30-73-75(60)67-43-32-51-21-15-27-66-65-25-12-14-29-72(65)80(73)76(67)74(51)66/h3-48H,1-2H3. The van der Waals surface area contributed by atoms with E-state index in [0.717, 1.165) is 17.1 Å². The third-order valence-electron chi connectivity index (χ3n) is 18.4. The number of pyridine rings is 1. The average Bonchev–Trinajstić information content (AvgIpc) is 4.32. The van der Waals surface area contributed by atoms with E-state index in [1.54, 1.807) is 0 Å². The molecule has 80 heavy (non-hydrogen) atoms. The largest absolute Gasteiger partial charge is 0.310 e. The van der Waals surface area contributed by atoms with Crippen LogP contribution in [-0.2, 0) is 10.8 Å². The molecule has 13 aromatic carbocycles. The lowest BCUT2D eigenvalue weighted by Crippen LogP contribution is -2.28. The maximum absolute atomic E-state index is 2.53. The van der Waals surface area contributed by atoms with Crippen LogP contribution in [0.3, 0.4) is 0 Å². The molecular formula is C78H52N2. The SMILES string of the molecule is CC1(C)c2cc(-c3ccccc3)ccc2-c2ccc(N(c3ccc(C4(c5ccccc5)c5ccccc5-c5ccc(-c6cccc7c6c6ccc8cccc9c%10ccccc%10n7c6c89)cc54)cc3)c3ccc4ccccc4c3)cc21. The maximum Gasteiger partial charge on any atom is 0.0713 e. The Morgan fingerprint density at radius 3 is 1.71 bits per heavy atom. The van der Waals surface area contributed by atoms with Crippen LogP contribution in [0.5, 0.6) is 0 Å². The minimum absolute atomic E-state index is 0.213. The van der Waals surface area contributed by atoms with Crippen LogP contribution in [0.1, 0.15) is 47.2 Å². The molecule has 0 fully saturated rings. The summed E-state index contributed by atoms with van der Waals surface area (Å²) in [5, 5.41) is 10.2. The van der Waals surface area contributed by atoms with Gasteiger partial charge in [-0.2, -0.15) is 0 Å². The van der Waals surface area contributed by atoms with Gasteiger partial charge in [-0.15, -0.1) is 0 Å². The molecule has 0 saturated heterocycles. The molecule has 0 N–H and O–H groups in total. The Hall–Kier alpha value is -10.0. The zero-order chi connectivity index (χ0) is 52.8. The summed E-state index contributed by atoms with van der Waals surface area (Å²) < 4.78 is 2.53. The van der Waals surface area contributed by atoms with Gasteiger partial charge in [0.1, 0.15) is 0 Å². The van der Waals surface area contributed by atoms with E-state index >= 15 is 0 Å². The number of hydrogen-bond donors (Lipinski definition) is 0. The first-order valence-electron chi connectivity index (χ1n) is 28.1. The molecule has 15 aromatic rings. The molecule has 0 radical (unpaired) electrons. The lowest BCUT2D eigenvalue weighted by molar-refractivity contribution is 0.660. The minimum atomic E-state index is -0.619. The first-order valence-corrected chi connectivity index (χ1v) is 28.1. The Morgan fingerprint density at radius 2 is 0.863 bits per heavy atom. The Morgan fingerprint density at radius 1 is 0.300 bits per heavy atom. The fourth-order valence-corrected chi connectivity index (χ4v) is 14.8. The molecule has 0 saturated carbocycles. The smallest absolute Gasteiger partial charge is 0.0713 e. The van der Waals surface area contributed by atoms with Crippen LogP contribution in [0.2, 0.25) is 0 Å². The second-order valence-corrected chi connectivity index (χ2v) is 22.7. The van der Waals surface area contributed by atoms with E-state index < -0.39 is 5.41 Å². The normalized spacial score (nSPS) is 15.0. The molecule has 2 heterocycles. The summed E-state index contributed by atoms with van der Waals surface area (Å²) in [5.41, 5.74) is 24.1. The second-order valence-electron chi connectivity index (χ2n) is 22.7. The first kappa shape index (κ1) is 45.0. The van der Waals surface area contributed by atoms with Crippen molar-refractivity contribution in [2.75, 3.05) is 4.90 Å². The van der Waals surface area contributed by atoms with Gasteiger partial charge in [0.15, 0.2) is 0 Å². The van der Waals surface area contributed by atoms with Crippen molar-refractivity contribution in [1.82, 2.24) is 4.40 Å². The van der Waals surface area contributed by atoms with Crippen LogP contribution in [-0.4, -0.2) is 4.40 Å². The maximum atomic E-state index is 2.53. The van der Waals surface area contributed by atoms with Gasteiger partial charge in [-0.05, 0) is 160 Å². The van der Waals surface area contributed by atoms with Crippen molar-refractivity contribution in [2.24, 2.45) is 0 Å². The molecule has 17 rings (SSSR count). The average molecular weight is 1020 g/mol. The Labute approximate surface area is 465 Å². The number of anilines is 3. The fraction of sp³-hybridized carbons (Fsp3) is 0.0513. The summed E-state index contributed by atoms with van der Waals surface area (Å²) in [6.45, 7) is 4.79. The van der Waals surface area contributed by atoms with Gasteiger partial charge < -0.3 is 9.30 Å². The van der Waals surface area contributed by atoms with Crippen LogP contribution >= 0.6 is 0 Å². The van der Waals surface area contributed by atoms with Crippen LogP contribution in [0, 0.1) is 0 Å². The van der Waals surface area contributed by atoms with Gasteiger partial charge in [0.2, 0.25) is 0 Å². The van der Waals surface area contributed by atoms with E-state index in [2.05, 4.69) is 302 Å². The van der Waals surface area contributed by atoms with Crippen molar-refractivity contribution in [3.8, 4) is 44.5 Å². The molecule has 0 aliphatic heterocycles. The highest BCUT2D eigenvalue weighted by atomic mass is 15.1. The molecule has 374 valence electrons. The number of hydrogen-bond acceptors (Lipinski definition) is 1. The van der Waals surface area contributed by atoms with Crippen molar-refractivity contribution in [1.29, 1.82) is 0 Å². The van der Waals surface area contributed by atoms with Gasteiger partial charge >= 0.3 is 0 Å². The van der Waals surface area contributed by atoms with Crippen molar-refractivity contribution in [3.05, 3.63) is 312 Å². The zero-order valence-corrected chi connectivity index (χ0v) is 44.5. The third kappa shape index (κ3) is 6.19. The quantitative estimate of drug-likeness (QED) is 0.114. The molecule has 2 aliphatic rings. The molecule has 1 unspecified atom stereocenters.